The molecule has 4 nitrogen and oxygen atoms in total. The Morgan fingerprint density at radius 2 is 1.79 bits per heavy atom. The van der Waals surface area contributed by atoms with Crippen LogP contribution >= 0.6 is 0 Å². The van der Waals surface area contributed by atoms with Crippen LogP contribution in [-0.2, 0) is 6.18 Å². The first-order valence-electron chi connectivity index (χ1n) is 7.57. The standard InChI is InChI=1S/C17H13F3N4/c18-17(19,20)12-8-13(10-4-2-1-3-5-10)24-16-14(12)15(21-9-22-16)23-11-6-7-11/h1-5,8-9,11H,6-7H2,(H,21,22,23,24). The second kappa shape index (κ2) is 5.43. The minimum absolute atomic E-state index is 0.0434. The van der Waals surface area contributed by atoms with Gasteiger partial charge in [0.25, 0.3) is 0 Å². The van der Waals surface area contributed by atoms with Gasteiger partial charge in [0.1, 0.15) is 12.1 Å². The minimum Gasteiger partial charge on any atom is -0.367 e. The second-order valence-corrected chi connectivity index (χ2v) is 5.76. The van der Waals surface area contributed by atoms with Gasteiger partial charge in [0.15, 0.2) is 5.65 Å². The van der Waals surface area contributed by atoms with Gasteiger partial charge in [-0.05, 0) is 18.9 Å². The molecule has 1 fully saturated rings. The number of anilines is 1. The predicted octanol–water partition coefficient (Wildman–Crippen LogP) is 4.28. The summed E-state index contributed by atoms with van der Waals surface area (Å²) in [6.07, 6.45) is -1.41. The largest absolute Gasteiger partial charge is 0.417 e. The van der Waals surface area contributed by atoms with Crippen LogP contribution in [0.3, 0.4) is 0 Å². The van der Waals surface area contributed by atoms with Gasteiger partial charge in [-0.15, -0.1) is 0 Å². The van der Waals surface area contributed by atoms with Crippen molar-refractivity contribution in [3.63, 3.8) is 0 Å². The molecule has 3 aromatic rings. The van der Waals surface area contributed by atoms with Crippen LogP contribution in [0.15, 0.2) is 42.7 Å². The van der Waals surface area contributed by atoms with Gasteiger partial charge in [-0.25, -0.2) is 15.0 Å². The third-order valence-corrected chi connectivity index (χ3v) is 3.90. The number of hydrogen-bond donors (Lipinski definition) is 1. The number of benzene rings is 1. The molecule has 0 spiro atoms. The molecular formula is C17H13F3N4. The van der Waals surface area contributed by atoms with Gasteiger partial charge < -0.3 is 5.32 Å². The molecule has 2 heterocycles. The lowest BCUT2D eigenvalue weighted by molar-refractivity contribution is -0.136. The Morgan fingerprint density at radius 3 is 2.46 bits per heavy atom. The molecular weight excluding hydrogens is 317 g/mol. The van der Waals surface area contributed by atoms with Gasteiger partial charge in [-0.2, -0.15) is 13.2 Å². The number of fused-ring (bicyclic) bond motifs is 1. The van der Waals surface area contributed by atoms with Crippen molar-refractivity contribution in [3.8, 4) is 11.3 Å². The Balaban J connectivity index is 1.96. The van der Waals surface area contributed by atoms with Crippen LogP contribution in [-0.4, -0.2) is 21.0 Å². The summed E-state index contributed by atoms with van der Waals surface area (Å²) in [6, 6.07) is 10.0. The molecule has 4 rings (SSSR count). The molecule has 7 heteroatoms. The van der Waals surface area contributed by atoms with Crippen LogP contribution in [0.5, 0.6) is 0 Å². The first kappa shape index (κ1) is 14.9. The average Bonchev–Trinajstić information content (AvgIpc) is 3.38. The van der Waals surface area contributed by atoms with Crippen molar-refractivity contribution < 1.29 is 13.2 Å². The Hall–Kier alpha value is -2.70. The van der Waals surface area contributed by atoms with Crippen LogP contribution in [0.2, 0.25) is 0 Å². The summed E-state index contributed by atoms with van der Waals surface area (Å²) in [5, 5.41) is 2.97. The second-order valence-electron chi connectivity index (χ2n) is 5.76. The first-order chi connectivity index (χ1) is 11.5. The summed E-state index contributed by atoms with van der Waals surface area (Å²) in [4.78, 5) is 12.3. The van der Waals surface area contributed by atoms with Crippen molar-refractivity contribution in [2.24, 2.45) is 0 Å². The zero-order valence-electron chi connectivity index (χ0n) is 12.5. The van der Waals surface area contributed by atoms with Crippen molar-refractivity contribution in [3.05, 3.63) is 48.3 Å². The fourth-order valence-electron chi connectivity index (χ4n) is 2.58. The van der Waals surface area contributed by atoms with Crippen molar-refractivity contribution in [1.29, 1.82) is 0 Å². The van der Waals surface area contributed by atoms with Gasteiger partial charge in [-0.3, -0.25) is 0 Å². The SMILES string of the molecule is FC(F)(F)c1cc(-c2ccccc2)nc2ncnc(NC3CC3)c12. The Labute approximate surface area is 135 Å². The molecule has 1 N–H and O–H groups in total. The average molecular weight is 330 g/mol. The molecule has 0 atom stereocenters. The van der Waals surface area contributed by atoms with E-state index in [1.807, 2.05) is 0 Å². The van der Waals surface area contributed by atoms with Crippen molar-refractivity contribution in [2.75, 3.05) is 5.32 Å². The van der Waals surface area contributed by atoms with Gasteiger partial charge >= 0.3 is 6.18 Å². The zero-order valence-corrected chi connectivity index (χ0v) is 12.5. The van der Waals surface area contributed by atoms with E-state index >= 15 is 0 Å². The number of hydrogen-bond acceptors (Lipinski definition) is 4. The first-order valence-corrected chi connectivity index (χ1v) is 7.57. The van der Waals surface area contributed by atoms with E-state index in [2.05, 4.69) is 20.3 Å². The lowest BCUT2D eigenvalue weighted by Gasteiger charge is -2.15. The number of nitrogens with zero attached hydrogens (tertiary/aromatic N) is 3. The van der Waals surface area contributed by atoms with Crippen LogP contribution in [0.4, 0.5) is 19.0 Å². The van der Waals surface area contributed by atoms with E-state index in [9.17, 15) is 13.2 Å². The third-order valence-electron chi connectivity index (χ3n) is 3.90. The maximum atomic E-state index is 13.6. The van der Waals surface area contributed by atoms with Crippen molar-refractivity contribution in [1.82, 2.24) is 15.0 Å². The summed E-state index contributed by atoms with van der Waals surface area (Å²) < 4.78 is 40.9. The van der Waals surface area contributed by atoms with Gasteiger partial charge in [0.2, 0.25) is 0 Å². The highest BCUT2D eigenvalue weighted by Crippen LogP contribution is 2.39. The van der Waals surface area contributed by atoms with E-state index in [1.54, 1.807) is 30.3 Å². The van der Waals surface area contributed by atoms with Crippen LogP contribution < -0.4 is 5.32 Å². The Bertz CT molecular complexity index is 889. The molecule has 1 aromatic carbocycles. The molecule has 122 valence electrons. The van der Waals surface area contributed by atoms with Gasteiger partial charge in [0, 0.05) is 11.6 Å². The van der Waals surface area contributed by atoms with E-state index in [0.717, 1.165) is 18.9 Å². The highest BCUT2D eigenvalue weighted by atomic mass is 19.4. The van der Waals surface area contributed by atoms with E-state index in [1.165, 1.54) is 6.33 Å². The van der Waals surface area contributed by atoms with Crippen LogP contribution in [0.25, 0.3) is 22.3 Å². The van der Waals surface area contributed by atoms with Crippen molar-refractivity contribution >= 4 is 16.9 Å². The van der Waals surface area contributed by atoms with Crippen LogP contribution in [0, 0.1) is 0 Å². The molecule has 0 saturated heterocycles. The fraction of sp³-hybridized carbons (Fsp3) is 0.235. The maximum absolute atomic E-state index is 13.6. The summed E-state index contributed by atoms with van der Waals surface area (Å²) in [7, 11) is 0. The maximum Gasteiger partial charge on any atom is 0.417 e. The zero-order chi connectivity index (χ0) is 16.7. The highest BCUT2D eigenvalue weighted by Gasteiger charge is 2.36. The Morgan fingerprint density at radius 1 is 1.04 bits per heavy atom. The number of aromatic nitrogens is 3. The summed E-state index contributed by atoms with van der Waals surface area (Å²) in [6.45, 7) is 0. The number of alkyl halides is 3. The molecule has 1 aliphatic rings. The van der Waals surface area contributed by atoms with E-state index < -0.39 is 11.7 Å². The molecule has 0 radical (unpaired) electrons. The summed E-state index contributed by atoms with van der Waals surface area (Å²) in [5.41, 5.74) is 0.128. The lowest BCUT2D eigenvalue weighted by atomic mass is 10.1. The Kier molecular flexibility index (Phi) is 3.37. The smallest absolute Gasteiger partial charge is 0.367 e. The van der Waals surface area contributed by atoms with E-state index in [4.69, 9.17) is 0 Å². The number of nitrogens with one attached hydrogen (secondary N) is 1. The molecule has 24 heavy (non-hydrogen) atoms. The van der Waals surface area contributed by atoms with Gasteiger partial charge in [-0.1, -0.05) is 30.3 Å². The monoisotopic (exact) mass is 330 g/mol. The third kappa shape index (κ3) is 2.77. The number of pyridine rings is 1. The molecule has 1 saturated carbocycles. The van der Waals surface area contributed by atoms with E-state index in [0.29, 0.717) is 5.56 Å². The minimum atomic E-state index is -4.52. The summed E-state index contributed by atoms with van der Waals surface area (Å²) in [5.74, 6) is 0.196. The van der Waals surface area contributed by atoms with Gasteiger partial charge in [0.05, 0.1) is 16.6 Å². The van der Waals surface area contributed by atoms with Crippen LogP contribution in [0.1, 0.15) is 18.4 Å². The predicted molar refractivity (Wildman–Crippen MR) is 84.4 cm³/mol. The number of rotatable bonds is 3. The molecule has 0 aliphatic heterocycles. The number of halogens is 3. The topological polar surface area (TPSA) is 50.7 Å². The lowest BCUT2D eigenvalue weighted by Crippen LogP contribution is -2.12. The molecule has 0 unspecified atom stereocenters. The molecule has 0 bridgehead atoms. The fourth-order valence-corrected chi connectivity index (χ4v) is 2.58. The van der Waals surface area contributed by atoms with Crippen molar-refractivity contribution in [2.45, 2.75) is 25.1 Å². The summed E-state index contributed by atoms with van der Waals surface area (Å²) >= 11 is 0. The molecule has 1 aliphatic carbocycles. The molecule has 2 aromatic heterocycles. The molecule has 0 amide bonds. The van der Waals surface area contributed by atoms with E-state index in [-0.39, 0.29) is 28.6 Å². The quantitative estimate of drug-likeness (QED) is 0.778. The highest BCUT2D eigenvalue weighted by molar-refractivity contribution is 5.92. The normalized spacial score (nSPS) is 14.8.